The maximum Gasteiger partial charge on any atom is 0.132 e. The van der Waals surface area contributed by atoms with E-state index in [1.54, 1.807) is 0 Å². The Morgan fingerprint density at radius 1 is 1.20 bits per heavy atom. The first-order valence-electron chi connectivity index (χ1n) is 7.78. The molecular formula is C15H27N5. The van der Waals surface area contributed by atoms with Gasteiger partial charge in [0.25, 0.3) is 0 Å². The molecule has 1 atom stereocenters. The molecule has 2 heterocycles. The molecule has 0 saturated carbocycles. The zero-order valence-electron chi connectivity index (χ0n) is 12.9. The molecule has 1 aliphatic rings. The Morgan fingerprint density at radius 2 is 1.95 bits per heavy atom. The molecule has 2 rings (SSSR count). The third kappa shape index (κ3) is 4.07. The summed E-state index contributed by atoms with van der Waals surface area (Å²) in [7, 11) is 2.22. The van der Waals surface area contributed by atoms with Crippen molar-refractivity contribution < 1.29 is 0 Å². The van der Waals surface area contributed by atoms with Crippen molar-refractivity contribution in [2.45, 2.75) is 45.6 Å². The van der Waals surface area contributed by atoms with E-state index < -0.39 is 0 Å². The number of aryl methyl sites for hydroxylation is 1. The third-order valence-corrected chi connectivity index (χ3v) is 3.89. The van der Waals surface area contributed by atoms with E-state index in [-0.39, 0.29) is 0 Å². The number of hydrogen-bond donors (Lipinski definition) is 2. The van der Waals surface area contributed by atoms with Gasteiger partial charge < -0.3 is 15.5 Å². The Balaban J connectivity index is 1.98. The number of hydrogen-bond acceptors (Lipinski definition) is 5. The van der Waals surface area contributed by atoms with Gasteiger partial charge in [-0.3, -0.25) is 0 Å². The van der Waals surface area contributed by atoms with Crippen LogP contribution < -0.4 is 10.6 Å². The highest BCUT2D eigenvalue weighted by molar-refractivity contribution is 5.47. The zero-order valence-corrected chi connectivity index (χ0v) is 12.9. The second kappa shape index (κ2) is 7.43. The molecule has 1 saturated heterocycles. The molecule has 1 unspecified atom stereocenters. The lowest BCUT2D eigenvalue weighted by Crippen LogP contribution is -2.40. The van der Waals surface area contributed by atoms with Gasteiger partial charge in [-0.15, -0.1) is 0 Å². The van der Waals surface area contributed by atoms with Gasteiger partial charge in [-0.2, -0.15) is 0 Å². The number of rotatable bonds is 6. The Bertz CT molecular complexity index is 421. The lowest BCUT2D eigenvalue weighted by atomic mass is 10.0. The fourth-order valence-corrected chi connectivity index (χ4v) is 2.64. The minimum Gasteiger partial charge on any atom is -0.370 e. The van der Waals surface area contributed by atoms with Crippen LogP contribution in [-0.2, 0) is 6.42 Å². The smallest absolute Gasteiger partial charge is 0.132 e. The van der Waals surface area contributed by atoms with Crippen LogP contribution in [0.4, 0.5) is 11.6 Å². The number of anilines is 2. The van der Waals surface area contributed by atoms with Crippen LogP contribution in [0.25, 0.3) is 0 Å². The van der Waals surface area contributed by atoms with E-state index in [1.807, 2.05) is 6.07 Å². The number of piperidine rings is 1. The van der Waals surface area contributed by atoms with Crippen molar-refractivity contribution in [3.8, 4) is 0 Å². The summed E-state index contributed by atoms with van der Waals surface area (Å²) in [6.45, 7) is 7.22. The van der Waals surface area contributed by atoms with Crippen LogP contribution >= 0.6 is 0 Å². The van der Waals surface area contributed by atoms with E-state index in [4.69, 9.17) is 0 Å². The maximum atomic E-state index is 4.56. The molecule has 0 radical (unpaired) electrons. The predicted octanol–water partition coefficient (Wildman–Crippen LogP) is 2.37. The average Bonchev–Trinajstić information content (AvgIpc) is 2.46. The van der Waals surface area contributed by atoms with E-state index in [1.165, 1.54) is 25.8 Å². The molecule has 0 aromatic carbocycles. The molecule has 1 aliphatic heterocycles. The summed E-state index contributed by atoms with van der Waals surface area (Å²) in [5, 5.41) is 6.75. The average molecular weight is 277 g/mol. The molecule has 0 aliphatic carbocycles. The molecule has 1 aromatic heterocycles. The minimum atomic E-state index is 0.617. The molecule has 0 bridgehead atoms. The summed E-state index contributed by atoms with van der Waals surface area (Å²) in [5.41, 5.74) is 0. The SMILES string of the molecule is CCNc1cc(NCC2CCCCN2C)nc(CC)n1. The van der Waals surface area contributed by atoms with Gasteiger partial charge in [-0.05, 0) is 33.4 Å². The molecule has 0 spiro atoms. The standard InChI is InChI=1S/C15H27N5/c1-4-13-18-14(16-5-2)10-15(19-13)17-11-12-8-6-7-9-20(12)3/h10,12H,4-9,11H2,1-3H3,(H2,16,17,18,19). The van der Waals surface area contributed by atoms with Crippen molar-refractivity contribution in [3.05, 3.63) is 11.9 Å². The van der Waals surface area contributed by atoms with Gasteiger partial charge in [0, 0.05) is 31.6 Å². The Kier molecular flexibility index (Phi) is 5.59. The van der Waals surface area contributed by atoms with Gasteiger partial charge in [-0.25, -0.2) is 9.97 Å². The summed E-state index contributed by atoms with van der Waals surface area (Å²) in [6.07, 6.45) is 4.79. The Morgan fingerprint density at radius 3 is 2.60 bits per heavy atom. The largest absolute Gasteiger partial charge is 0.370 e. The number of aromatic nitrogens is 2. The van der Waals surface area contributed by atoms with Gasteiger partial charge in [0.2, 0.25) is 0 Å². The van der Waals surface area contributed by atoms with Crippen LogP contribution in [0.2, 0.25) is 0 Å². The quantitative estimate of drug-likeness (QED) is 0.836. The van der Waals surface area contributed by atoms with Crippen molar-refractivity contribution in [1.29, 1.82) is 0 Å². The summed E-state index contributed by atoms with van der Waals surface area (Å²) < 4.78 is 0. The molecular weight excluding hydrogens is 250 g/mol. The molecule has 0 amide bonds. The Labute approximate surface area is 122 Å². The summed E-state index contributed by atoms with van der Waals surface area (Å²) in [6, 6.07) is 2.62. The van der Waals surface area contributed by atoms with Crippen molar-refractivity contribution in [2.24, 2.45) is 0 Å². The van der Waals surface area contributed by atoms with Crippen molar-refractivity contribution in [1.82, 2.24) is 14.9 Å². The maximum absolute atomic E-state index is 4.56. The van der Waals surface area contributed by atoms with E-state index >= 15 is 0 Å². The van der Waals surface area contributed by atoms with E-state index in [0.717, 1.165) is 37.0 Å². The van der Waals surface area contributed by atoms with E-state index in [0.29, 0.717) is 6.04 Å². The fraction of sp³-hybridized carbons (Fsp3) is 0.733. The van der Waals surface area contributed by atoms with Crippen LogP contribution in [0.3, 0.4) is 0 Å². The third-order valence-electron chi connectivity index (χ3n) is 3.89. The number of nitrogens with zero attached hydrogens (tertiary/aromatic N) is 3. The van der Waals surface area contributed by atoms with Crippen molar-refractivity contribution in [3.63, 3.8) is 0 Å². The lowest BCUT2D eigenvalue weighted by Gasteiger charge is -2.32. The highest BCUT2D eigenvalue weighted by Gasteiger charge is 2.18. The highest BCUT2D eigenvalue weighted by atomic mass is 15.2. The normalized spacial score (nSPS) is 19.9. The molecule has 2 N–H and O–H groups in total. The first kappa shape index (κ1) is 15.0. The van der Waals surface area contributed by atoms with E-state index in [9.17, 15) is 0 Å². The lowest BCUT2D eigenvalue weighted by molar-refractivity contribution is 0.194. The first-order valence-corrected chi connectivity index (χ1v) is 7.78. The topological polar surface area (TPSA) is 53.1 Å². The van der Waals surface area contributed by atoms with Gasteiger partial charge in [0.15, 0.2) is 0 Å². The Hall–Kier alpha value is -1.36. The van der Waals surface area contributed by atoms with Gasteiger partial charge in [0.05, 0.1) is 0 Å². The highest BCUT2D eigenvalue weighted by Crippen LogP contribution is 2.17. The summed E-state index contributed by atoms with van der Waals surface area (Å²) in [4.78, 5) is 11.5. The zero-order chi connectivity index (χ0) is 14.4. The molecule has 5 heteroatoms. The monoisotopic (exact) mass is 277 g/mol. The first-order chi connectivity index (χ1) is 9.72. The molecule has 20 heavy (non-hydrogen) atoms. The second-order valence-corrected chi connectivity index (χ2v) is 5.45. The van der Waals surface area contributed by atoms with Gasteiger partial charge in [0.1, 0.15) is 17.5 Å². The summed E-state index contributed by atoms with van der Waals surface area (Å²) >= 11 is 0. The fourth-order valence-electron chi connectivity index (χ4n) is 2.64. The summed E-state index contributed by atoms with van der Waals surface area (Å²) in [5.74, 6) is 2.74. The molecule has 112 valence electrons. The predicted molar refractivity (Wildman–Crippen MR) is 84.3 cm³/mol. The molecule has 1 fully saturated rings. The number of likely N-dealkylation sites (tertiary alicyclic amines) is 1. The molecule has 1 aromatic rings. The van der Waals surface area contributed by atoms with Gasteiger partial charge >= 0.3 is 0 Å². The number of nitrogens with one attached hydrogen (secondary N) is 2. The van der Waals surface area contributed by atoms with Gasteiger partial charge in [-0.1, -0.05) is 13.3 Å². The van der Waals surface area contributed by atoms with Crippen LogP contribution in [0.5, 0.6) is 0 Å². The van der Waals surface area contributed by atoms with E-state index in [2.05, 4.69) is 46.4 Å². The van der Waals surface area contributed by atoms with Crippen LogP contribution in [0, 0.1) is 0 Å². The van der Waals surface area contributed by atoms with Crippen LogP contribution in [-0.4, -0.2) is 47.6 Å². The minimum absolute atomic E-state index is 0.617. The van der Waals surface area contributed by atoms with Crippen LogP contribution in [0.1, 0.15) is 38.9 Å². The molecule has 5 nitrogen and oxygen atoms in total. The number of likely N-dealkylation sites (N-methyl/N-ethyl adjacent to an activating group) is 1. The second-order valence-electron chi connectivity index (χ2n) is 5.45. The van der Waals surface area contributed by atoms with Crippen molar-refractivity contribution in [2.75, 3.05) is 37.3 Å². The van der Waals surface area contributed by atoms with Crippen LogP contribution in [0.15, 0.2) is 6.07 Å². The van der Waals surface area contributed by atoms with Crippen molar-refractivity contribution >= 4 is 11.6 Å².